The Labute approximate surface area is 209 Å². The summed E-state index contributed by atoms with van der Waals surface area (Å²) in [4.78, 5) is 22.1. The minimum atomic E-state index is -2.29. The molecule has 0 unspecified atom stereocenters. The Morgan fingerprint density at radius 1 is 0.882 bits per heavy atom. The van der Waals surface area contributed by atoms with Crippen LogP contribution in [0.2, 0.25) is 0 Å². The van der Waals surface area contributed by atoms with Crippen molar-refractivity contribution in [2.75, 3.05) is 11.9 Å². The Morgan fingerprint density at radius 2 is 1.56 bits per heavy atom. The van der Waals surface area contributed by atoms with Crippen molar-refractivity contribution in [1.29, 1.82) is 0 Å². The van der Waals surface area contributed by atoms with Crippen molar-refractivity contribution in [3.05, 3.63) is 55.0 Å². The lowest BCUT2D eigenvalue weighted by atomic mass is 9.30. The Hall–Kier alpha value is -2.31. The largest absolute Gasteiger partial charge is 0.406 e. The van der Waals surface area contributed by atoms with E-state index in [9.17, 15) is 4.79 Å². The van der Waals surface area contributed by atoms with Gasteiger partial charge in [0.2, 0.25) is 5.91 Å². The lowest BCUT2D eigenvalue weighted by Crippen LogP contribution is -2.86. The number of nitrogens with zero attached hydrogens (tertiary/aromatic N) is 3. The number of carbonyl (C=O) groups is 1. The molecular weight excluding hydrogens is 415 g/mol. The first-order valence-electron chi connectivity index (χ1n) is 10.1. The van der Waals surface area contributed by atoms with E-state index in [1.807, 2.05) is 30.3 Å². The van der Waals surface area contributed by atoms with Crippen LogP contribution >= 0.6 is 0 Å². The maximum atomic E-state index is 12.9. The second-order valence-corrected chi connectivity index (χ2v) is 8.35. The molecule has 6 nitrogen and oxygen atoms in total. The zero-order valence-electron chi connectivity index (χ0n) is 18.2. The number of nitrogens with one attached hydrogen (secondary N) is 1. The number of fused-ring (bicyclic) bond motifs is 1. The molecule has 1 fully saturated rings. The first kappa shape index (κ1) is 24.8. The van der Waals surface area contributed by atoms with E-state index in [1.54, 1.807) is 24.7 Å². The number of carbonyl (C=O) groups excluding carboxylic acids is 1. The van der Waals surface area contributed by atoms with Gasteiger partial charge >= 0.3 is 0 Å². The standard InChI is InChI=1S/C20H12B8N4O2/c21-17(22)19(25,26)34-20(27,28)18(23,24)32(17)10-16(33)31-15-7-14-6-11(3-4-13(14)9-30-15)12-2-1-5-29-8-12/h1-9H,10H2,(H,30,31,33). The third-order valence-electron chi connectivity index (χ3n) is 5.77. The molecule has 3 aromatic rings. The number of hydrogen-bond donors (Lipinski definition) is 1. The average Bonchev–Trinajstić information content (AvgIpc) is 2.75. The van der Waals surface area contributed by atoms with E-state index >= 15 is 0 Å². The Bertz CT molecular complexity index is 1210. The molecule has 0 saturated carbocycles. The van der Waals surface area contributed by atoms with Gasteiger partial charge in [0, 0.05) is 29.5 Å². The molecule has 0 spiro atoms. The lowest BCUT2D eigenvalue weighted by Gasteiger charge is -2.70. The Balaban J connectivity index is 1.59. The highest BCUT2D eigenvalue weighted by atomic mass is 16.5. The molecule has 16 radical (unpaired) electrons. The van der Waals surface area contributed by atoms with E-state index in [4.69, 9.17) is 67.5 Å². The molecule has 3 heterocycles. The van der Waals surface area contributed by atoms with Crippen molar-refractivity contribution in [2.45, 2.75) is 21.5 Å². The zero-order valence-corrected chi connectivity index (χ0v) is 18.2. The van der Waals surface area contributed by atoms with Gasteiger partial charge in [0.1, 0.15) is 5.82 Å². The highest BCUT2D eigenvalue weighted by molar-refractivity contribution is 6.59. The smallest absolute Gasteiger partial charge is 0.239 e. The summed E-state index contributed by atoms with van der Waals surface area (Å²) < 4.78 is 5.14. The monoisotopic (exact) mass is 428 g/mol. The highest BCUT2D eigenvalue weighted by Crippen LogP contribution is 2.39. The molecule has 0 bridgehead atoms. The van der Waals surface area contributed by atoms with Crippen LogP contribution in [0.25, 0.3) is 21.9 Å². The summed E-state index contributed by atoms with van der Waals surface area (Å²) in [5, 5.41) is -4.66. The van der Waals surface area contributed by atoms with Crippen molar-refractivity contribution in [3.63, 3.8) is 0 Å². The fraction of sp³-hybridized carbons (Fsp3) is 0.250. The first-order chi connectivity index (χ1) is 15.7. The molecule has 4 rings (SSSR count). The van der Waals surface area contributed by atoms with Crippen LogP contribution in [-0.2, 0) is 9.53 Å². The lowest BCUT2D eigenvalue weighted by molar-refractivity contribution is -0.131. The van der Waals surface area contributed by atoms with Crippen LogP contribution in [0.4, 0.5) is 5.82 Å². The summed E-state index contributed by atoms with van der Waals surface area (Å²) in [7, 11) is 47.5. The summed E-state index contributed by atoms with van der Waals surface area (Å²) in [6, 6.07) is 11.3. The van der Waals surface area contributed by atoms with Crippen molar-refractivity contribution < 1.29 is 9.53 Å². The van der Waals surface area contributed by atoms with Crippen molar-refractivity contribution in [1.82, 2.24) is 14.9 Å². The van der Waals surface area contributed by atoms with Crippen LogP contribution in [0.1, 0.15) is 0 Å². The normalized spacial score (nSPS) is 20.5. The van der Waals surface area contributed by atoms with Gasteiger partial charge in [0.15, 0.2) is 0 Å². The molecule has 0 aliphatic carbocycles. The molecule has 1 aliphatic heterocycles. The number of amides is 1. The van der Waals surface area contributed by atoms with Crippen LogP contribution in [-0.4, -0.2) is 112 Å². The molecule has 1 saturated heterocycles. The van der Waals surface area contributed by atoms with Crippen molar-refractivity contribution in [2.24, 2.45) is 0 Å². The molecule has 14 heteroatoms. The third-order valence-corrected chi connectivity index (χ3v) is 5.77. The molecule has 1 amide bonds. The molecule has 0 atom stereocenters. The second-order valence-electron chi connectivity index (χ2n) is 8.35. The molecule has 148 valence electrons. The van der Waals surface area contributed by atoms with Gasteiger partial charge in [-0.25, -0.2) is 4.98 Å². The number of morpholine rings is 1. The molecule has 1 aromatic carbocycles. The number of hydrogen-bond acceptors (Lipinski definition) is 5. The van der Waals surface area contributed by atoms with Gasteiger partial charge in [0.25, 0.3) is 0 Å². The first-order valence-corrected chi connectivity index (χ1v) is 10.1. The zero-order chi connectivity index (χ0) is 24.9. The second kappa shape index (κ2) is 8.42. The van der Waals surface area contributed by atoms with Gasteiger partial charge in [-0.15, -0.1) is 0 Å². The molecular formula is C20H12B8N4O2. The summed E-state index contributed by atoms with van der Waals surface area (Å²) in [6.07, 6.45) is 5.08. The topological polar surface area (TPSA) is 67.3 Å². The molecule has 2 aromatic heterocycles. The van der Waals surface area contributed by atoms with E-state index in [0.29, 0.717) is 0 Å². The summed E-state index contributed by atoms with van der Waals surface area (Å²) in [6.45, 7) is -0.578. The number of ether oxygens (including phenoxy) is 1. The predicted molar refractivity (Wildman–Crippen MR) is 138 cm³/mol. The minimum absolute atomic E-state index is 0.256. The maximum absolute atomic E-state index is 12.9. The van der Waals surface area contributed by atoms with Gasteiger partial charge in [-0.2, -0.15) is 0 Å². The molecule has 1 aliphatic rings. The fourth-order valence-corrected chi connectivity index (χ4v) is 3.68. The Kier molecular flexibility index (Phi) is 6.14. The number of aromatic nitrogens is 2. The average molecular weight is 427 g/mol. The van der Waals surface area contributed by atoms with E-state index < -0.39 is 33.9 Å². The van der Waals surface area contributed by atoms with Gasteiger partial charge in [0.05, 0.1) is 69.3 Å². The van der Waals surface area contributed by atoms with Gasteiger partial charge in [-0.1, -0.05) is 18.2 Å². The van der Waals surface area contributed by atoms with Crippen LogP contribution < -0.4 is 5.32 Å². The third kappa shape index (κ3) is 4.27. The Morgan fingerprint density at radius 3 is 2.18 bits per heavy atom. The fourth-order valence-electron chi connectivity index (χ4n) is 3.68. The number of rotatable bonds is 4. The van der Waals surface area contributed by atoms with Crippen LogP contribution in [0.15, 0.2) is 55.0 Å². The minimum Gasteiger partial charge on any atom is -0.406 e. The van der Waals surface area contributed by atoms with Crippen molar-refractivity contribution in [3.8, 4) is 11.1 Å². The summed E-state index contributed by atoms with van der Waals surface area (Å²) in [5.74, 6) is -0.379. The van der Waals surface area contributed by atoms with Gasteiger partial charge in [-0.3, -0.25) is 9.78 Å². The number of anilines is 1. The van der Waals surface area contributed by atoms with E-state index in [1.165, 1.54) is 0 Å². The number of benzene rings is 1. The summed E-state index contributed by atoms with van der Waals surface area (Å²) >= 11 is 0. The highest BCUT2D eigenvalue weighted by Gasteiger charge is 2.57. The maximum Gasteiger partial charge on any atom is 0.239 e. The van der Waals surface area contributed by atoms with Crippen LogP contribution in [0, 0.1) is 0 Å². The van der Waals surface area contributed by atoms with Gasteiger partial charge < -0.3 is 15.0 Å². The predicted octanol–water partition coefficient (Wildman–Crippen LogP) is -1.47. The van der Waals surface area contributed by atoms with Crippen LogP contribution in [0.3, 0.4) is 0 Å². The number of pyridine rings is 2. The van der Waals surface area contributed by atoms with E-state index in [2.05, 4.69) is 15.3 Å². The van der Waals surface area contributed by atoms with E-state index in [0.717, 1.165) is 26.8 Å². The van der Waals surface area contributed by atoms with Crippen molar-refractivity contribution >= 4 is 85.3 Å². The SMILES string of the molecule is [B]C1([B])OC([B])([B])C([B])([B])N(CC(=O)Nc2cc3cc(-c4cccnc4)ccc3cn2)C1([B])[B]. The summed E-state index contributed by atoms with van der Waals surface area (Å²) in [5.41, 5.74) is 1.90. The van der Waals surface area contributed by atoms with Gasteiger partial charge in [-0.05, 0) is 50.6 Å². The quantitative estimate of drug-likeness (QED) is 0.516. The molecule has 1 N–H and O–H groups in total. The van der Waals surface area contributed by atoms with Crippen LogP contribution in [0.5, 0.6) is 0 Å². The van der Waals surface area contributed by atoms with E-state index in [-0.39, 0.29) is 5.82 Å². The molecule has 34 heavy (non-hydrogen) atoms.